The third-order valence-corrected chi connectivity index (χ3v) is 6.01. The van der Waals surface area contributed by atoms with Gasteiger partial charge in [0.2, 0.25) is 0 Å². The van der Waals surface area contributed by atoms with Crippen LogP contribution in [0.5, 0.6) is 11.5 Å². The number of nitrogens with one attached hydrogen (secondary N) is 1. The van der Waals surface area contributed by atoms with E-state index in [4.69, 9.17) is 9.15 Å². The third kappa shape index (κ3) is 5.92. The summed E-state index contributed by atoms with van der Waals surface area (Å²) < 4.78 is 40.6. The van der Waals surface area contributed by atoms with Gasteiger partial charge in [0.05, 0.1) is 0 Å². The van der Waals surface area contributed by atoms with Crippen LogP contribution in [-0.4, -0.2) is 12.5 Å². The molecule has 4 aromatic rings. The smallest absolute Gasteiger partial charge is 0.387 e. The molecule has 1 N–H and O–H groups in total. The Labute approximate surface area is 208 Å². The standard InChI is InChI=1S/C29H27F2NO4/c1-19-17-23(36-28(30)31)13-15-25(19)32-27(33)26-16-14-24(35-26)18-34-22-11-9-21(10-12-22)29(2,3)20-7-5-4-6-8-20/h4-17,28H,18H2,1-3H3,(H,32,33). The molecule has 0 atom stereocenters. The maximum absolute atomic E-state index is 12.6. The third-order valence-electron chi connectivity index (χ3n) is 6.01. The molecule has 0 aliphatic heterocycles. The summed E-state index contributed by atoms with van der Waals surface area (Å²) in [6, 6.07) is 25.8. The number of benzene rings is 3. The second-order valence-corrected chi connectivity index (χ2v) is 8.88. The predicted octanol–water partition coefficient (Wildman–Crippen LogP) is 7.35. The van der Waals surface area contributed by atoms with Crippen molar-refractivity contribution in [3.05, 3.63) is 113 Å². The summed E-state index contributed by atoms with van der Waals surface area (Å²) >= 11 is 0. The lowest BCUT2D eigenvalue weighted by atomic mass is 9.78. The molecule has 5 nitrogen and oxygen atoms in total. The van der Waals surface area contributed by atoms with Crippen molar-refractivity contribution < 1.29 is 27.5 Å². The number of alkyl halides is 2. The second-order valence-electron chi connectivity index (χ2n) is 8.88. The molecule has 0 aliphatic rings. The number of ether oxygens (including phenoxy) is 2. The molecule has 7 heteroatoms. The van der Waals surface area contributed by atoms with Crippen LogP contribution in [-0.2, 0) is 12.0 Å². The number of hydrogen-bond donors (Lipinski definition) is 1. The van der Waals surface area contributed by atoms with Crippen LogP contribution in [0.25, 0.3) is 0 Å². The van der Waals surface area contributed by atoms with Crippen molar-refractivity contribution in [3.8, 4) is 11.5 Å². The highest BCUT2D eigenvalue weighted by atomic mass is 19.3. The van der Waals surface area contributed by atoms with Gasteiger partial charge >= 0.3 is 6.61 Å². The minimum atomic E-state index is -2.91. The SMILES string of the molecule is Cc1cc(OC(F)F)ccc1NC(=O)c1ccc(COc2ccc(C(C)(C)c3ccccc3)cc2)o1. The molecule has 1 heterocycles. The summed E-state index contributed by atoms with van der Waals surface area (Å²) in [6.45, 7) is 3.30. The second kappa shape index (κ2) is 10.6. The summed E-state index contributed by atoms with van der Waals surface area (Å²) in [5.74, 6) is 0.854. The van der Waals surface area contributed by atoms with Gasteiger partial charge in [0.25, 0.3) is 5.91 Å². The Hall–Kier alpha value is -4.13. The topological polar surface area (TPSA) is 60.7 Å². The van der Waals surface area contributed by atoms with Crippen molar-refractivity contribution in [2.45, 2.75) is 39.4 Å². The first-order valence-corrected chi connectivity index (χ1v) is 11.5. The van der Waals surface area contributed by atoms with Crippen LogP contribution in [0.4, 0.5) is 14.5 Å². The molecule has 186 valence electrons. The number of furan rings is 1. The zero-order valence-corrected chi connectivity index (χ0v) is 20.3. The zero-order chi connectivity index (χ0) is 25.7. The largest absolute Gasteiger partial charge is 0.486 e. The Morgan fingerprint density at radius 1 is 0.917 bits per heavy atom. The maximum atomic E-state index is 12.6. The van der Waals surface area contributed by atoms with Gasteiger partial charge < -0.3 is 19.2 Å². The molecule has 0 fully saturated rings. The van der Waals surface area contributed by atoms with Gasteiger partial charge in [0.15, 0.2) is 5.76 Å². The fourth-order valence-corrected chi connectivity index (χ4v) is 3.86. The number of amides is 1. The van der Waals surface area contributed by atoms with Gasteiger partial charge in [0, 0.05) is 11.1 Å². The first-order valence-electron chi connectivity index (χ1n) is 11.5. The molecule has 1 aromatic heterocycles. The number of anilines is 1. The van der Waals surface area contributed by atoms with E-state index in [9.17, 15) is 13.6 Å². The van der Waals surface area contributed by atoms with Gasteiger partial charge in [-0.05, 0) is 66.1 Å². The average molecular weight is 492 g/mol. The Kier molecular flexibility index (Phi) is 7.38. The summed E-state index contributed by atoms with van der Waals surface area (Å²) in [6.07, 6.45) is 0. The van der Waals surface area contributed by atoms with Crippen molar-refractivity contribution in [1.82, 2.24) is 0 Å². The number of carbonyl (C=O) groups excluding carboxylic acids is 1. The van der Waals surface area contributed by atoms with Gasteiger partial charge in [-0.1, -0.05) is 56.3 Å². The number of rotatable bonds is 9. The fraction of sp³-hybridized carbons (Fsp3) is 0.207. The molecule has 1 amide bonds. The van der Waals surface area contributed by atoms with E-state index in [-0.39, 0.29) is 23.5 Å². The van der Waals surface area contributed by atoms with Crippen LogP contribution >= 0.6 is 0 Å². The molecular weight excluding hydrogens is 464 g/mol. The van der Waals surface area contributed by atoms with E-state index in [1.54, 1.807) is 19.1 Å². The van der Waals surface area contributed by atoms with Crippen LogP contribution in [0.2, 0.25) is 0 Å². The van der Waals surface area contributed by atoms with Crippen molar-refractivity contribution >= 4 is 11.6 Å². The minimum absolute atomic E-state index is 0.0228. The summed E-state index contributed by atoms with van der Waals surface area (Å²) in [7, 11) is 0. The Bertz CT molecular complexity index is 1310. The minimum Gasteiger partial charge on any atom is -0.486 e. The van der Waals surface area contributed by atoms with Gasteiger partial charge in [0.1, 0.15) is 23.9 Å². The summed E-state index contributed by atoms with van der Waals surface area (Å²) in [4.78, 5) is 12.6. The van der Waals surface area contributed by atoms with Gasteiger partial charge in [-0.25, -0.2) is 0 Å². The molecule has 4 rings (SSSR count). The van der Waals surface area contributed by atoms with Gasteiger partial charge in [-0.2, -0.15) is 8.78 Å². The molecule has 0 radical (unpaired) electrons. The first kappa shape index (κ1) is 25.0. The van der Waals surface area contributed by atoms with Crippen molar-refractivity contribution in [2.24, 2.45) is 0 Å². The van der Waals surface area contributed by atoms with E-state index in [1.165, 1.54) is 29.3 Å². The average Bonchev–Trinajstić information content (AvgIpc) is 3.34. The Morgan fingerprint density at radius 3 is 2.25 bits per heavy atom. The molecular formula is C29H27F2NO4. The molecule has 0 aliphatic carbocycles. The van der Waals surface area contributed by atoms with Crippen LogP contribution in [0.1, 0.15) is 46.9 Å². The quantitative estimate of drug-likeness (QED) is 0.266. The number of aryl methyl sites for hydroxylation is 1. The van der Waals surface area contributed by atoms with Gasteiger partial charge in [-0.3, -0.25) is 4.79 Å². The molecule has 0 saturated carbocycles. The Morgan fingerprint density at radius 2 is 1.58 bits per heavy atom. The molecule has 0 bridgehead atoms. The first-order chi connectivity index (χ1) is 17.2. The zero-order valence-electron chi connectivity index (χ0n) is 20.3. The monoisotopic (exact) mass is 491 g/mol. The van der Waals surface area contributed by atoms with E-state index < -0.39 is 12.5 Å². The van der Waals surface area contributed by atoms with Gasteiger partial charge in [-0.15, -0.1) is 0 Å². The van der Waals surface area contributed by atoms with E-state index in [1.807, 2.05) is 42.5 Å². The van der Waals surface area contributed by atoms with E-state index in [0.29, 0.717) is 22.8 Å². The fourth-order valence-electron chi connectivity index (χ4n) is 3.86. The van der Waals surface area contributed by atoms with Crippen LogP contribution in [0, 0.1) is 6.92 Å². The van der Waals surface area contributed by atoms with Crippen LogP contribution in [0.15, 0.2) is 89.3 Å². The van der Waals surface area contributed by atoms with Crippen LogP contribution < -0.4 is 14.8 Å². The highest BCUT2D eigenvalue weighted by Gasteiger charge is 2.22. The number of halogens is 2. The Balaban J connectivity index is 1.34. The van der Waals surface area contributed by atoms with Crippen LogP contribution in [0.3, 0.4) is 0 Å². The summed E-state index contributed by atoms with van der Waals surface area (Å²) in [5, 5.41) is 2.71. The van der Waals surface area contributed by atoms with E-state index in [2.05, 4.69) is 36.0 Å². The lowest BCUT2D eigenvalue weighted by Crippen LogP contribution is -2.18. The lowest BCUT2D eigenvalue weighted by Gasteiger charge is -2.26. The van der Waals surface area contributed by atoms with Crippen molar-refractivity contribution in [2.75, 3.05) is 5.32 Å². The normalized spacial score (nSPS) is 11.4. The number of hydrogen-bond acceptors (Lipinski definition) is 4. The molecule has 0 saturated heterocycles. The predicted molar refractivity (Wildman–Crippen MR) is 134 cm³/mol. The van der Waals surface area contributed by atoms with Crippen molar-refractivity contribution in [3.63, 3.8) is 0 Å². The summed E-state index contributed by atoms with van der Waals surface area (Å²) in [5.41, 5.74) is 3.30. The highest BCUT2D eigenvalue weighted by Crippen LogP contribution is 2.32. The molecule has 0 spiro atoms. The van der Waals surface area contributed by atoms with E-state index >= 15 is 0 Å². The van der Waals surface area contributed by atoms with E-state index in [0.717, 1.165) is 0 Å². The lowest BCUT2D eigenvalue weighted by molar-refractivity contribution is -0.0498. The molecule has 36 heavy (non-hydrogen) atoms. The number of carbonyl (C=O) groups is 1. The molecule has 0 unspecified atom stereocenters. The maximum Gasteiger partial charge on any atom is 0.387 e. The molecule has 3 aromatic carbocycles. The van der Waals surface area contributed by atoms with Crippen molar-refractivity contribution in [1.29, 1.82) is 0 Å². The highest BCUT2D eigenvalue weighted by molar-refractivity contribution is 6.02.